The van der Waals surface area contributed by atoms with Crippen LogP contribution in [0.25, 0.3) is 11.1 Å². The Morgan fingerprint density at radius 3 is 1.31 bits per heavy atom. The highest BCUT2D eigenvalue weighted by molar-refractivity contribution is 14.1. The lowest BCUT2D eigenvalue weighted by atomic mass is 10.1. The monoisotopic (exact) mass is 794 g/mol. The van der Waals surface area contributed by atoms with Crippen LogP contribution in [-0.2, 0) is 32.3 Å². The minimum atomic E-state index is -0.476. The van der Waals surface area contributed by atoms with Crippen LogP contribution >= 0.6 is 45.2 Å². The second kappa shape index (κ2) is 15.6. The third-order valence-corrected chi connectivity index (χ3v) is 7.79. The third kappa shape index (κ3) is 9.24. The molecule has 0 radical (unpaired) electrons. The summed E-state index contributed by atoms with van der Waals surface area (Å²) in [6, 6.07) is 26.0. The van der Waals surface area contributed by atoms with E-state index in [-0.39, 0.29) is 26.4 Å². The van der Waals surface area contributed by atoms with Crippen LogP contribution in [0.5, 0.6) is 23.0 Å². The van der Waals surface area contributed by atoms with E-state index in [4.69, 9.17) is 28.4 Å². The van der Waals surface area contributed by atoms with E-state index in [1.54, 1.807) is 14.2 Å². The van der Waals surface area contributed by atoms with Crippen molar-refractivity contribution in [2.75, 3.05) is 27.4 Å². The number of hydrogen-bond donors (Lipinski definition) is 0. The van der Waals surface area contributed by atoms with Crippen LogP contribution in [0.4, 0.5) is 0 Å². The molecule has 0 aliphatic rings. The summed E-state index contributed by atoms with van der Waals surface area (Å²) in [7, 11) is 3.19. The summed E-state index contributed by atoms with van der Waals surface area (Å²) in [6.07, 6.45) is 0. The summed E-state index contributed by atoms with van der Waals surface area (Å²) in [5.74, 6) is 1.62. The highest BCUT2D eigenvalue weighted by Crippen LogP contribution is 2.32. The van der Waals surface area contributed by atoms with Crippen molar-refractivity contribution < 1.29 is 38.0 Å². The predicted octanol–water partition coefficient (Wildman–Crippen LogP) is 6.82. The van der Waals surface area contributed by atoms with Crippen LogP contribution in [0.2, 0.25) is 0 Å². The molecule has 0 bridgehead atoms. The second-order valence-electron chi connectivity index (χ2n) is 8.89. The summed E-state index contributed by atoms with van der Waals surface area (Å²) in [4.78, 5) is 24.6. The molecule has 4 aromatic rings. The molecule has 0 unspecified atom stereocenters. The van der Waals surface area contributed by atoms with E-state index in [0.29, 0.717) is 11.5 Å². The van der Waals surface area contributed by atoms with Gasteiger partial charge in [0.25, 0.3) is 0 Å². The van der Waals surface area contributed by atoms with Gasteiger partial charge in [-0.15, -0.1) is 0 Å². The van der Waals surface area contributed by atoms with Crippen LogP contribution < -0.4 is 18.9 Å². The van der Waals surface area contributed by atoms with Gasteiger partial charge in [0.2, 0.25) is 0 Å². The molecule has 0 amide bonds. The van der Waals surface area contributed by atoms with Crippen molar-refractivity contribution in [3.63, 3.8) is 0 Å². The number of hydrogen-bond acceptors (Lipinski definition) is 8. The Balaban J connectivity index is 1.31. The van der Waals surface area contributed by atoms with Crippen molar-refractivity contribution in [2.24, 2.45) is 0 Å². The molecule has 42 heavy (non-hydrogen) atoms. The van der Waals surface area contributed by atoms with Gasteiger partial charge in [0.1, 0.15) is 36.2 Å². The third-order valence-electron chi connectivity index (χ3n) is 6.00. The van der Waals surface area contributed by atoms with Crippen LogP contribution in [-0.4, -0.2) is 39.4 Å². The Kier molecular flexibility index (Phi) is 11.7. The van der Waals surface area contributed by atoms with E-state index in [1.807, 2.05) is 84.9 Å². The van der Waals surface area contributed by atoms with E-state index in [2.05, 4.69) is 45.2 Å². The van der Waals surface area contributed by atoms with E-state index in [1.165, 1.54) is 0 Å². The zero-order chi connectivity index (χ0) is 29.9. The highest BCUT2D eigenvalue weighted by atomic mass is 127. The molecule has 0 saturated carbocycles. The fourth-order valence-corrected chi connectivity index (χ4v) is 4.70. The minimum Gasteiger partial charge on any atom is -0.497 e. The zero-order valence-corrected chi connectivity index (χ0v) is 27.2. The Morgan fingerprint density at radius 1 is 0.571 bits per heavy atom. The number of benzene rings is 4. The van der Waals surface area contributed by atoms with Crippen molar-refractivity contribution in [1.29, 1.82) is 0 Å². The van der Waals surface area contributed by atoms with Crippen LogP contribution in [0, 0.1) is 7.14 Å². The number of carbonyl (C=O) groups excluding carboxylic acids is 2. The number of methoxy groups -OCH3 is 2. The molecule has 0 aromatic heterocycles. The lowest BCUT2D eigenvalue weighted by Gasteiger charge is -2.13. The summed E-state index contributed by atoms with van der Waals surface area (Å²) >= 11 is 4.31. The maximum atomic E-state index is 12.3. The van der Waals surface area contributed by atoms with Crippen molar-refractivity contribution in [3.05, 3.63) is 103 Å². The Morgan fingerprint density at radius 2 is 0.952 bits per heavy atom. The lowest BCUT2D eigenvalue weighted by molar-refractivity contribution is -0.148. The summed E-state index contributed by atoms with van der Waals surface area (Å²) in [6.45, 7) is -0.169. The van der Waals surface area contributed by atoms with E-state index in [0.717, 1.165) is 40.9 Å². The first-order chi connectivity index (χ1) is 20.3. The molecular weight excluding hydrogens is 766 g/mol. The number of esters is 2. The fraction of sp³-hybridized carbons (Fsp3) is 0.188. The van der Waals surface area contributed by atoms with E-state index >= 15 is 0 Å². The van der Waals surface area contributed by atoms with Gasteiger partial charge < -0.3 is 28.4 Å². The summed E-state index contributed by atoms with van der Waals surface area (Å²) in [5, 5.41) is 0. The molecule has 0 fully saturated rings. The van der Waals surface area contributed by atoms with Gasteiger partial charge in [-0.05, 0) is 116 Å². The molecule has 0 N–H and O–H groups in total. The first kappa shape index (κ1) is 31.4. The van der Waals surface area contributed by atoms with Gasteiger partial charge in [0.05, 0.1) is 21.4 Å². The summed E-state index contributed by atoms with van der Waals surface area (Å²) in [5.41, 5.74) is 3.42. The lowest BCUT2D eigenvalue weighted by Crippen LogP contribution is -2.15. The van der Waals surface area contributed by atoms with Crippen LogP contribution in [0.15, 0.2) is 84.9 Å². The van der Waals surface area contributed by atoms with Gasteiger partial charge in [-0.3, -0.25) is 0 Å². The molecule has 218 valence electrons. The topological polar surface area (TPSA) is 89.5 Å². The van der Waals surface area contributed by atoms with Crippen LogP contribution in [0.1, 0.15) is 11.1 Å². The first-order valence-corrected chi connectivity index (χ1v) is 14.9. The first-order valence-electron chi connectivity index (χ1n) is 12.8. The van der Waals surface area contributed by atoms with Crippen LogP contribution in [0.3, 0.4) is 0 Å². The maximum absolute atomic E-state index is 12.3. The van der Waals surface area contributed by atoms with Crippen molar-refractivity contribution in [2.45, 2.75) is 13.2 Å². The van der Waals surface area contributed by atoms with Gasteiger partial charge in [-0.1, -0.05) is 36.4 Å². The SMILES string of the molecule is COc1ccc(COC(=O)COc2cc(-c3ccc(I)c(OCC(=O)OCc4ccc(OC)cc4)c3)ccc2I)cc1. The van der Waals surface area contributed by atoms with E-state index in [9.17, 15) is 9.59 Å². The van der Waals surface area contributed by atoms with Gasteiger partial charge in [-0.2, -0.15) is 0 Å². The molecule has 0 aliphatic carbocycles. The average molecular weight is 794 g/mol. The predicted molar refractivity (Wildman–Crippen MR) is 174 cm³/mol. The molecule has 4 aromatic carbocycles. The number of halogens is 2. The Bertz CT molecular complexity index is 1390. The molecular formula is C32H28I2O8. The normalized spacial score (nSPS) is 10.5. The molecule has 0 saturated heterocycles. The molecule has 10 heteroatoms. The standard InChI is InChI=1S/C32H28I2O8/c1-37-25-9-3-21(4-10-25)17-41-31(35)19-39-29-15-23(7-13-27(29)33)24-8-14-28(34)30(16-24)40-20-32(36)42-18-22-5-11-26(38-2)12-6-22/h3-16H,17-20H2,1-2H3. The molecule has 0 heterocycles. The highest BCUT2D eigenvalue weighted by Gasteiger charge is 2.12. The van der Waals surface area contributed by atoms with Crippen molar-refractivity contribution in [3.8, 4) is 34.1 Å². The number of rotatable bonds is 13. The average Bonchev–Trinajstić information content (AvgIpc) is 3.02. The molecule has 0 aliphatic heterocycles. The molecule has 0 atom stereocenters. The minimum absolute atomic E-state index is 0.143. The van der Waals surface area contributed by atoms with Crippen molar-refractivity contribution >= 4 is 57.1 Å². The zero-order valence-electron chi connectivity index (χ0n) is 22.9. The molecule has 8 nitrogen and oxygen atoms in total. The van der Waals surface area contributed by atoms with E-state index < -0.39 is 11.9 Å². The van der Waals surface area contributed by atoms with Crippen molar-refractivity contribution in [1.82, 2.24) is 0 Å². The quantitative estimate of drug-likeness (QED) is 0.108. The fourth-order valence-electron chi connectivity index (χ4n) is 3.71. The molecule has 0 spiro atoms. The smallest absolute Gasteiger partial charge is 0.344 e. The number of ether oxygens (including phenoxy) is 6. The second-order valence-corrected chi connectivity index (χ2v) is 11.2. The largest absolute Gasteiger partial charge is 0.497 e. The molecule has 4 rings (SSSR count). The van der Waals surface area contributed by atoms with Gasteiger partial charge in [0, 0.05) is 0 Å². The van der Waals surface area contributed by atoms with Gasteiger partial charge in [-0.25, -0.2) is 9.59 Å². The Hall–Kier alpha value is -3.52. The Labute approximate surface area is 271 Å². The number of carbonyl (C=O) groups is 2. The summed E-state index contributed by atoms with van der Waals surface area (Å²) < 4.78 is 34.2. The van der Waals surface area contributed by atoms with Gasteiger partial charge in [0.15, 0.2) is 13.2 Å². The maximum Gasteiger partial charge on any atom is 0.344 e. The van der Waals surface area contributed by atoms with Gasteiger partial charge >= 0.3 is 11.9 Å².